The van der Waals surface area contributed by atoms with Crippen molar-refractivity contribution in [3.63, 3.8) is 0 Å². The first-order chi connectivity index (χ1) is 12.4. The zero-order valence-electron chi connectivity index (χ0n) is 14.9. The van der Waals surface area contributed by atoms with Gasteiger partial charge in [0.15, 0.2) is 17.3 Å². The SMILES string of the molecule is COc1cc(CC2CCOC2(O)Cc2ccc(O)cc2)cc(OC)c1O. The smallest absolute Gasteiger partial charge is 0.200 e. The molecule has 0 amide bonds. The first-order valence-electron chi connectivity index (χ1n) is 8.53. The molecule has 0 radical (unpaired) electrons. The molecule has 6 heteroatoms. The second-order valence-corrected chi connectivity index (χ2v) is 6.58. The Hall–Kier alpha value is -2.44. The topological polar surface area (TPSA) is 88.4 Å². The van der Waals surface area contributed by atoms with Gasteiger partial charge in [-0.15, -0.1) is 0 Å². The van der Waals surface area contributed by atoms with Crippen LogP contribution in [0.1, 0.15) is 17.5 Å². The summed E-state index contributed by atoms with van der Waals surface area (Å²) < 4.78 is 16.1. The summed E-state index contributed by atoms with van der Waals surface area (Å²) in [6.07, 6.45) is 1.62. The van der Waals surface area contributed by atoms with E-state index in [0.717, 1.165) is 17.5 Å². The molecule has 2 aromatic carbocycles. The Balaban J connectivity index is 1.81. The van der Waals surface area contributed by atoms with Gasteiger partial charge in [0.1, 0.15) is 5.75 Å². The van der Waals surface area contributed by atoms with Gasteiger partial charge in [0.05, 0.1) is 20.8 Å². The molecular weight excluding hydrogens is 336 g/mol. The number of ether oxygens (including phenoxy) is 3. The second-order valence-electron chi connectivity index (χ2n) is 6.58. The zero-order valence-corrected chi connectivity index (χ0v) is 14.9. The Labute approximate surface area is 152 Å². The zero-order chi connectivity index (χ0) is 18.7. The highest BCUT2D eigenvalue weighted by molar-refractivity contribution is 5.52. The van der Waals surface area contributed by atoms with Gasteiger partial charge in [-0.2, -0.15) is 0 Å². The largest absolute Gasteiger partial charge is 0.508 e. The predicted octanol–water partition coefficient (Wildman–Crippen LogP) is 2.63. The molecule has 3 N–H and O–H groups in total. The molecule has 3 rings (SSSR count). The van der Waals surface area contributed by atoms with Crippen LogP contribution in [0.25, 0.3) is 0 Å². The fraction of sp³-hybridized carbons (Fsp3) is 0.400. The Kier molecular flexibility index (Phi) is 5.25. The number of hydrogen-bond donors (Lipinski definition) is 3. The maximum atomic E-state index is 11.0. The number of aliphatic hydroxyl groups is 1. The van der Waals surface area contributed by atoms with E-state index in [2.05, 4.69) is 0 Å². The Morgan fingerprint density at radius 1 is 1.04 bits per heavy atom. The van der Waals surface area contributed by atoms with Crippen LogP contribution in [0.2, 0.25) is 0 Å². The van der Waals surface area contributed by atoms with Crippen molar-refractivity contribution >= 4 is 0 Å². The van der Waals surface area contributed by atoms with Gasteiger partial charge in [0.25, 0.3) is 0 Å². The number of phenols is 2. The summed E-state index contributed by atoms with van der Waals surface area (Å²) in [7, 11) is 2.97. The van der Waals surface area contributed by atoms with Crippen molar-refractivity contribution in [2.24, 2.45) is 5.92 Å². The summed E-state index contributed by atoms with van der Waals surface area (Å²) in [5, 5.41) is 30.5. The van der Waals surface area contributed by atoms with Crippen molar-refractivity contribution in [3.8, 4) is 23.0 Å². The normalized spacial score (nSPS) is 22.3. The van der Waals surface area contributed by atoms with Crippen LogP contribution in [-0.2, 0) is 17.6 Å². The quantitative estimate of drug-likeness (QED) is 0.734. The summed E-state index contributed by atoms with van der Waals surface area (Å²) in [5.41, 5.74) is 1.77. The van der Waals surface area contributed by atoms with E-state index < -0.39 is 5.79 Å². The molecule has 2 aromatic rings. The molecule has 0 aliphatic carbocycles. The number of methoxy groups -OCH3 is 2. The van der Waals surface area contributed by atoms with Gasteiger partial charge in [-0.3, -0.25) is 0 Å². The van der Waals surface area contributed by atoms with Crippen LogP contribution >= 0.6 is 0 Å². The lowest BCUT2D eigenvalue weighted by Crippen LogP contribution is -2.38. The average Bonchev–Trinajstić information content (AvgIpc) is 2.98. The molecule has 2 atom stereocenters. The van der Waals surface area contributed by atoms with E-state index >= 15 is 0 Å². The monoisotopic (exact) mass is 360 g/mol. The fourth-order valence-electron chi connectivity index (χ4n) is 3.43. The molecule has 0 spiro atoms. The summed E-state index contributed by atoms with van der Waals surface area (Å²) >= 11 is 0. The second kappa shape index (κ2) is 7.43. The molecule has 0 aromatic heterocycles. The summed E-state index contributed by atoms with van der Waals surface area (Å²) in [5.74, 6) is -0.584. The van der Waals surface area contributed by atoms with Crippen molar-refractivity contribution < 1.29 is 29.5 Å². The highest BCUT2D eigenvalue weighted by Gasteiger charge is 2.42. The van der Waals surface area contributed by atoms with Crippen molar-refractivity contribution in [1.82, 2.24) is 0 Å². The minimum absolute atomic E-state index is 0.0409. The van der Waals surface area contributed by atoms with Gasteiger partial charge in [-0.25, -0.2) is 0 Å². The van der Waals surface area contributed by atoms with Gasteiger partial charge in [0.2, 0.25) is 5.75 Å². The Morgan fingerprint density at radius 3 is 2.23 bits per heavy atom. The van der Waals surface area contributed by atoms with E-state index in [4.69, 9.17) is 14.2 Å². The minimum atomic E-state index is -1.28. The van der Waals surface area contributed by atoms with E-state index in [1.54, 1.807) is 36.4 Å². The van der Waals surface area contributed by atoms with Gasteiger partial charge < -0.3 is 29.5 Å². The van der Waals surface area contributed by atoms with Gasteiger partial charge in [-0.05, 0) is 48.2 Å². The van der Waals surface area contributed by atoms with Crippen LogP contribution in [0, 0.1) is 5.92 Å². The third-order valence-corrected chi connectivity index (χ3v) is 4.87. The van der Waals surface area contributed by atoms with Crippen molar-refractivity contribution in [3.05, 3.63) is 47.5 Å². The predicted molar refractivity (Wildman–Crippen MR) is 95.7 cm³/mol. The number of aromatic hydroxyl groups is 2. The Bertz CT molecular complexity index is 732. The van der Waals surface area contributed by atoms with Gasteiger partial charge in [0, 0.05) is 12.3 Å². The molecule has 26 heavy (non-hydrogen) atoms. The summed E-state index contributed by atoms with van der Waals surface area (Å²) in [6, 6.07) is 10.2. The molecule has 2 unspecified atom stereocenters. The lowest BCUT2D eigenvalue weighted by molar-refractivity contribution is -0.193. The average molecular weight is 360 g/mol. The molecule has 1 aliphatic rings. The standard InChI is InChI=1S/C20H24O6/c1-24-17-10-14(11-18(25-2)19(17)22)9-15-7-8-26-20(15,23)12-13-3-5-16(21)6-4-13/h3-6,10-11,15,21-23H,7-9,12H2,1-2H3. The third-order valence-electron chi connectivity index (χ3n) is 4.87. The van der Waals surface area contributed by atoms with Crippen LogP contribution in [0.4, 0.5) is 0 Å². The van der Waals surface area contributed by atoms with E-state index in [-0.39, 0.29) is 17.4 Å². The molecule has 1 fully saturated rings. The first kappa shape index (κ1) is 18.4. The number of hydrogen-bond acceptors (Lipinski definition) is 6. The number of rotatable bonds is 6. The summed E-state index contributed by atoms with van der Waals surface area (Å²) in [4.78, 5) is 0. The molecule has 6 nitrogen and oxygen atoms in total. The number of benzene rings is 2. The first-order valence-corrected chi connectivity index (χ1v) is 8.53. The van der Waals surface area contributed by atoms with Crippen LogP contribution < -0.4 is 9.47 Å². The van der Waals surface area contributed by atoms with E-state index in [0.29, 0.717) is 30.9 Å². The van der Waals surface area contributed by atoms with Gasteiger partial charge >= 0.3 is 0 Å². The molecule has 1 heterocycles. The number of phenolic OH excluding ortho intramolecular Hbond substituents is 2. The van der Waals surface area contributed by atoms with Crippen LogP contribution in [0.3, 0.4) is 0 Å². The summed E-state index contributed by atoms with van der Waals surface area (Å²) in [6.45, 7) is 0.478. The van der Waals surface area contributed by atoms with Gasteiger partial charge in [-0.1, -0.05) is 12.1 Å². The Morgan fingerprint density at radius 2 is 1.65 bits per heavy atom. The van der Waals surface area contributed by atoms with Crippen LogP contribution in [0.15, 0.2) is 36.4 Å². The van der Waals surface area contributed by atoms with Crippen LogP contribution in [-0.4, -0.2) is 41.9 Å². The van der Waals surface area contributed by atoms with Crippen molar-refractivity contribution in [2.75, 3.05) is 20.8 Å². The fourth-order valence-corrected chi connectivity index (χ4v) is 3.43. The van der Waals surface area contributed by atoms with Crippen molar-refractivity contribution in [2.45, 2.75) is 25.0 Å². The van der Waals surface area contributed by atoms with E-state index in [1.807, 2.05) is 0 Å². The molecule has 1 aliphatic heterocycles. The lowest BCUT2D eigenvalue weighted by Gasteiger charge is -2.29. The van der Waals surface area contributed by atoms with Crippen LogP contribution in [0.5, 0.6) is 23.0 Å². The van der Waals surface area contributed by atoms with Crippen molar-refractivity contribution in [1.29, 1.82) is 0 Å². The highest BCUT2D eigenvalue weighted by atomic mass is 16.6. The molecular formula is C20H24O6. The maximum Gasteiger partial charge on any atom is 0.200 e. The molecule has 1 saturated heterocycles. The third kappa shape index (κ3) is 3.71. The molecule has 140 valence electrons. The van der Waals surface area contributed by atoms with E-state index in [1.165, 1.54) is 14.2 Å². The van der Waals surface area contributed by atoms with E-state index in [9.17, 15) is 15.3 Å². The minimum Gasteiger partial charge on any atom is -0.508 e. The highest BCUT2D eigenvalue weighted by Crippen LogP contribution is 2.40. The molecule has 0 saturated carbocycles. The lowest BCUT2D eigenvalue weighted by atomic mass is 9.86. The maximum absolute atomic E-state index is 11.0. The molecule has 0 bridgehead atoms.